The van der Waals surface area contributed by atoms with E-state index in [-0.39, 0.29) is 5.38 Å². The lowest BCUT2D eigenvalue weighted by molar-refractivity contribution is 0.134. The molecule has 1 heterocycles. The van der Waals surface area contributed by atoms with E-state index in [4.69, 9.17) is 16.3 Å². The van der Waals surface area contributed by atoms with Crippen LogP contribution in [-0.2, 0) is 18.0 Å². The van der Waals surface area contributed by atoms with Crippen LogP contribution in [0.4, 0.5) is 0 Å². The lowest BCUT2D eigenvalue weighted by Gasteiger charge is -2.14. The van der Waals surface area contributed by atoms with E-state index < -0.39 is 0 Å². The molecule has 0 spiro atoms. The molecule has 3 aromatic rings. The van der Waals surface area contributed by atoms with Crippen molar-refractivity contribution in [1.29, 1.82) is 0 Å². The summed E-state index contributed by atoms with van der Waals surface area (Å²) in [5, 5.41) is 2.31. The van der Waals surface area contributed by atoms with Crippen molar-refractivity contribution in [3.8, 4) is 0 Å². The van der Waals surface area contributed by atoms with Gasteiger partial charge < -0.3 is 4.74 Å². The summed E-state index contributed by atoms with van der Waals surface area (Å²) in [6.45, 7) is 1.42. The van der Waals surface area contributed by atoms with Crippen LogP contribution in [0.5, 0.6) is 0 Å². The third-order valence-corrected chi connectivity index (χ3v) is 4.62. The zero-order chi connectivity index (χ0) is 14.2. The van der Waals surface area contributed by atoms with Gasteiger partial charge in [-0.25, -0.2) is 0 Å². The summed E-state index contributed by atoms with van der Waals surface area (Å²) in [4.78, 5) is 0. The minimum Gasteiger partial charge on any atom is -0.372 e. The van der Waals surface area contributed by atoms with Gasteiger partial charge in [-0.05, 0) is 33.0 Å². The maximum absolute atomic E-state index is 6.77. The Kier molecular flexibility index (Phi) is 3.17. The highest BCUT2D eigenvalue weighted by atomic mass is 35.5. The summed E-state index contributed by atoms with van der Waals surface area (Å²) in [7, 11) is 0. The maximum Gasteiger partial charge on any atom is 0.0841 e. The zero-order valence-electron chi connectivity index (χ0n) is 11.6. The normalized spacial score (nSPS) is 15.1. The molecule has 2 heteroatoms. The molecule has 0 radical (unpaired) electrons. The van der Waals surface area contributed by atoms with Crippen LogP contribution in [0.15, 0.2) is 60.7 Å². The highest BCUT2D eigenvalue weighted by Crippen LogP contribution is 2.35. The third-order valence-electron chi connectivity index (χ3n) is 4.13. The maximum atomic E-state index is 6.77. The van der Waals surface area contributed by atoms with E-state index in [2.05, 4.69) is 60.7 Å². The molecule has 0 saturated carbocycles. The van der Waals surface area contributed by atoms with E-state index in [1.165, 1.54) is 21.9 Å². The van der Waals surface area contributed by atoms with Gasteiger partial charge >= 0.3 is 0 Å². The SMILES string of the molecule is ClC(c1ccc2c(c1)COC2)c1cccc2ccccc12. The number of benzene rings is 3. The lowest BCUT2D eigenvalue weighted by Crippen LogP contribution is -1.96. The van der Waals surface area contributed by atoms with E-state index in [9.17, 15) is 0 Å². The van der Waals surface area contributed by atoms with Crippen molar-refractivity contribution in [1.82, 2.24) is 0 Å². The molecular weight excluding hydrogens is 280 g/mol. The summed E-state index contributed by atoms with van der Waals surface area (Å²) in [6, 6.07) is 21.1. The molecule has 1 aliphatic heterocycles. The number of halogens is 1. The Morgan fingerprint density at radius 3 is 2.62 bits per heavy atom. The van der Waals surface area contributed by atoms with Gasteiger partial charge in [0.15, 0.2) is 0 Å². The van der Waals surface area contributed by atoms with Crippen LogP contribution in [0.1, 0.15) is 27.6 Å². The smallest absolute Gasteiger partial charge is 0.0841 e. The zero-order valence-corrected chi connectivity index (χ0v) is 12.3. The van der Waals surface area contributed by atoms with Crippen LogP contribution in [0, 0.1) is 0 Å². The number of rotatable bonds is 2. The molecule has 4 rings (SSSR count). The predicted octanol–water partition coefficient (Wildman–Crippen LogP) is 5.20. The molecule has 0 N–H and O–H groups in total. The molecule has 1 nitrogen and oxygen atoms in total. The van der Waals surface area contributed by atoms with E-state index in [1.807, 2.05) is 0 Å². The number of hydrogen-bond acceptors (Lipinski definition) is 1. The molecule has 0 saturated heterocycles. The molecule has 1 unspecified atom stereocenters. The monoisotopic (exact) mass is 294 g/mol. The first-order valence-electron chi connectivity index (χ1n) is 7.14. The van der Waals surface area contributed by atoms with Gasteiger partial charge in [-0.3, -0.25) is 0 Å². The van der Waals surface area contributed by atoms with Gasteiger partial charge in [0, 0.05) is 0 Å². The van der Waals surface area contributed by atoms with Crippen molar-refractivity contribution in [3.63, 3.8) is 0 Å². The minimum absolute atomic E-state index is 0.137. The summed E-state index contributed by atoms with van der Waals surface area (Å²) in [6.07, 6.45) is 0. The van der Waals surface area contributed by atoms with Gasteiger partial charge in [0.1, 0.15) is 0 Å². The van der Waals surface area contributed by atoms with Gasteiger partial charge in [-0.1, -0.05) is 60.7 Å². The standard InChI is InChI=1S/C19H15ClO/c20-19(14-8-9-15-11-21-12-16(15)10-14)18-7-3-5-13-4-1-2-6-17(13)18/h1-10,19H,11-12H2. The Morgan fingerprint density at radius 2 is 1.67 bits per heavy atom. The lowest BCUT2D eigenvalue weighted by atomic mass is 9.96. The third kappa shape index (κ3) is 2.23. The molecule has 1 aliphatic rings. The van der Waals surface area contributed by atoms with E-state index in [1.54, 1.807) is 0 Å². The summed E-state index contributed by atoms with van der Waals surface area (Å²) in [5.41, 5.74) is 4.84. The molecule has 21 heavy (non-hydrogen) atoms. The molecule has 0 aliphatic carbocycles. The average Bonchev–Trinajstić information content (AvgIpc) is 3.01. The molecular formula is C19H15ClO. The highest BCUT2D eigenvalue weighted by Gasteiger charge is 2.17. The Labute approximate surface area is 129 Å². The van der Waals surface area contributed by atoms with Crippen LogP contribution in [0.3, 0.4) is 0 Å². The van der Waals surface area contributed by atoms with Gasteiger partial charge in [0.2, 0.25) is 0 Å². The molecule has 0 fully saturated rings. The minimum atomic E-state index is -0.137. The van der Waals surface area contributed by atoms with Crippen LogP contribution < -0.4 is 0 Å². The van der Waals surface area contributed by atoms with Crippen LogP contribution >= 0.6 is 11.6 Å². The second kappa shape index (κ2) is 5.18. The number of ether oxygens (including phenoxy) is 1. The molecule has 0 bridgehead atoms. The van der Waals surface area contributed by atoms with Gasteiger partial charge in [-0.2, -0.15) is 0 Å². The topological polar surface area (TPSA) is 9.23 Å². The summed E-state index contributed by atoms with van der Waals surface area (Å²) < 4.78 is 5.48. The fraction of sp³-hybridized carbons (Fsp3) is 0.158. The Bertz CT molecular complexity index is 804. The van der Waals surface area contributed by atoms with Crippen LogP contribution in [0.2, 0.25) is 0 Å². The van der Waals surface area contributed by atoms with Crippen molar-refractivity contribution in [2.45, 2.75) is 18.6 Å². The quantitative estimate of drug-likeness (QED) is 0.590. The van der Waals surface area contributed by atoms with Gasteiger partial charge in [0.05, 0.1) is 18.6 Å². The average molecular weight is 295 g/mol. The first-order chi connectivity index (χ1) is 10.3. The molecule has 0 amide bonds. The number of fused-ring (bicyclic) bond motifs is 2. The van der Waals surface area contributed by atoms with Crippen molar-refractivity contribution in [3.05, 3.63) is 82.9 Å². The predicted molar refractivity (Wildman–Crippen MR) is 86.6 cm³/mol. The molecule has 1 atom stereocenters. The van der Waals surface area contributed by atoms with Gasteiger partial charge in [0.25, 0.3) is 0 Å². The Hall–Kier alpha value is -1.83. The molecule has 104 valence electrons. The molecule has 0 aromatic heterocycles. The molecule has 3 aromatic carbocycles. The highest BCUT2D eigenvalue weighted by molar-refractivity contribution is 6.23. The van der Waals surface area contributed by atoms with E-state index in [0.717, 1.165) is 17.7 Å². The summed E-state index contributed by atoms with van der Waals surface area (Å²) >= 11 is 6.77. The largest absolute Gasteiger partial charge is 0.372 e. The number of alkyl halides is 1. The second-order valence-electron chi connectivity index (χ2n) is 5.45. The van der Waals surface area contributed by atoms with Crippen LogP contribution in [0.25, 0.3) is 10.8 Å². The second-order valence-corrected chi connectivity index (χ2v) is 5.89. The van der Waals surface area contributed by atoms with E-state index >= 15 is 0 Å². The van der Waals surface area contributed by atoms with E-state index in [0.29, 0.717) is 6.61 Å². The number of hydrogen-bond donors (Lipinski definition) is 0. The fourth-order valence-corrected chi connectivity index (χ4v) is 3.33. The Morgan fingerprint density at radius 1 is 0.857 bits per heavy atom. The van der Waals surface area contributed by atoms with Crippen molar-refractivity contribution >= 4 is 22.4 Å². The summed E-state index contributed by atoms with van der Waals surface area (Å²) in [5.74, 6) is 0. The Balaban J connectivity index is 1.81. The first-order valence-corrected chi connectivity index (χ1v) is 7.58. The fourth-order valence-electron chi connectivity index (χ4n) is 3.00. The van der Waals surface area contributed by atoms with Crippen molar-refractivity contribution in [2.75, 3.05) is 0 Å². The van der Waals surface area contributed by atoms with Gasteiger partial charge in [-0.15, -0.1) is 11.6 Å². The van der Waals surface area contributed by atoms with Crippen molar-refractivity contribution in [2.24, 2.45) is 0 Å². The first kappa shape index (κ1) is 12.9. The van der Waals surface area contributed by atoms with Crippen LogP contribution in [-0.4, -0.2) is 0 Å². The van der Waals surface area contributed by atoms with Crippen molar-refractivity contribution < 1.29 is 4.74 Å².